The van der Waals surface area contributed by atoms with Crippen LogP contribution in [-0.2, 0) is 12.8 Å². The molecule has 2 aromatic rings. The van der Waals surface area contributed by atoms with E-state index in [1.54, 1.807) is 11.3 Å². The number of aryl methyl sites for hydroxylation is 2. The van der Waals surface area contributed by atoms with Crippen LogP contribution >= 0.6 is 11.3 Å². The van der Waals surface area contributed by atoms with Crippen molar-refractivity contribution in [2.45, 2.75) is 45.6 Å². The molecule has 2 heterocycles. The summed E-state index contributed by atoms with van der Waals surface area (Å²) in [6.07, 6.45) is 4.48. The number of urea groups is 1. The van der Waals surface area contributed by atoms with E-state index in [1.165, 1.54) is 17.7 Å². The average Bonchev–Trinajstić information content (AvgIpc) is 3.07. The topological polar surface area (TPSA) is 72.5 Å². The normalized spacial score (nSPS) is 16.6. The summed E-state index contributed by atoms with van der Waals surface area (Å²) in [6.45, 7) is 5.29. The van der Waals surface area contributed by atoms with Crippen molar-refractivity contribution in [1.29, 1.82) is 0 Å². The van der Waals surface area contributed by atoms with Crippen molar-refractivity contribution in [1.82, 2.24) is 10.3 Å². The Balaban J connectivity index is 1.46. The number of carbonyl (C=O) groups is 1. The van der Waals surface area contributed by atoms with Gasteiger partial charge in [-0.25, -0.2) is 9.78 Å². The first-order valence-corrected chi connectivity index (χ1v) is 10.4. The SMILES string of the molecule is CC(C)C(NC(=O)Nc1nc2c(s1)CCCC2)c1ccc2c(c1)OCCO2. The molecule has 2 aliphatic rings. The van der Waals surface area contributed by atoms with E-state index in [2.05, 4.69) is 29.5 Å². The van der Waals surface area contributed by atoms with E-state index in [0.29, 0.717) is 18.3 Å². The maximum Gasteiger partial charge on any atom is 0.321 e. The molecule has 1 aliphatic heterocycles. The molecule has 0 spiro atoms. The summed E-state index contributed by atoms with van der Waals surface area (Å²) in [5, 5.41) is 6.69. The van der Waals surface area contributed by atoms with Gasteiger partial charge < -0.3 is 14.8 Å². The number of aromatic nitrogens is 1. The quantitative estimate of drug-likeness (QED) is 0.820. The van der Waals surface area contributed by atoms with Gasteiger partial charge >= 0.3 is 6.03 Å². The molecule has 0 fully saturated rings. The van der Waals surface area contributed by atoms with Crippen LogP contribution in [0.1, 0.15) is 48.9 Å². The number of fused-ring (bicyclic) bond motifs is 2. The van der Waals surface area contributed by atoms with Crippen LogP contribution in [0.5, 0.6) is 11.5 Å². The van der Waals surface area contributed by atoms with Crippen LogP contribution in [0, 0.1) is 5.92 Å². The summed E-state index contributed by atoms with van der Waals surface area (Å²) in [4.78, 5) is 18.5. The lowest BCUT2D eigenvalue weighted by molar-refractivity contribution is 0.171. The molecule has 1 aromatic carbocycles. The number of carbonyl (C=O) groups excluding carboxylic acids is 1. The van der Waals surface area contributed by atoms with E-state index in [0.717, 1.165) is 35.6 Å². The first-order valence-electron chi connectivity index (χ1n) is 9.56. The van der Waals surface area contributed by atoms with Gasteiger partial charge in [-0.1, -0.05) is 19.9 Å². The fourth-order valence-electron chi connectivity index (χ4n) is 3.57. The second kappa shape index (κ2) is 7.76. The van der Waals surface area contributed by atoms with Gasteiger partial charge in [0, 0.05) is 4.88 Å². The van der Waals surface area contributed by atoms with Gasteiger partial charge in [-0.15, -0.1) is 11.3 Å². The molecular formula is C20H25N3O3S. The van der Waals surface area contributed by atoms with Crippen LogP contribution in [0.4, 0.5) is 9.93 Å². The predicted molar refractivity (Wildman–Crippen MR) is 106 cm³/mol. The van der Waals surface area contributed by atoms with Crippen LogP contribution in [0.3, 0.4) is 0 Å². The first kappa shape index (κ1) is 18.1. The van der Waals surface area contributed by atoms with Crippen LogP contribution in [-0.4, -0.2) is 24.2 Å². The monoisotopic (exact) mass is 387 g/mol. The fourth-order valence-corrected chi connectivity index (χ4v) is 4.61. The van der Waals surface area contributed by atoms with Gasteiger partial charge in [0.2, 0.25) is 0 Å². The van der Waals surface area contributed by atoms with Crippen molar-refractivity contribution in [2.24, 2.45) is 5.92 Å². The molecular weight excluding hydrogens is 362 g/mol. The molecule has 1 aromatic heterocycles. The highest BCUT2D eigenvalue weighted by atomic mass is 32.1. The Morgan fingerprint density at radius 3 is 2.70 bits per heavy atom. The number of nitrogens with zero attached hydrogens (tertiary/aromatic N) is 1. The standard InChI is InChI=1S/C20H25N3O3S/c1-12(2)18(13-7-8-15-16(11-13)26-10-9-25-15)22-19(24)23-20-21-14-5-3-4-6-17(14)27-20/h7-8,11-12,18H,3-6,9-10H2,1-2H3,(H2,21,22,23,24). The lowest BCUT2D eigenvalue weighted by atomic mass is 9.95. The molecule has 0 saturated heterocycles. The highest BCUT2D eigenvalue weighted by molar-refractivity contribution is 7.15. The largest absolute Gasteiger partial charge is 0.486 e. The van der Waals surface area contributed by atoms with Gasteiger partial charge in [-0.05, 0) is 49.3 Å². The van der Waals surface area contributed by atoms with Crippen molar-refractivity contribution in [3.8, 4) is 11.5 Å². The Labute approximate surface area is 163 Å². The number of rotatable bonds is 4. The average molecular weight is 388 g/mol. The molecule has 0 saturated carbocycles. The lowest BCUT2D eigenvalue weighted by Gasteiger charge is -2.25. The Hall–Kier alpha value is -2.28. The summed E-state index contributed by atoms with van der Waals surface area (Å²) in [6, 6.07) is 5.50. The second-order valence-corrected chi connectivity index (χ2v) is 8.40. The zero-order valence-electron chi connectivity index (χ0n) is 15.7. The number of hydrogen-bond donors (Lipinski definition) is 2. The third-order valence-corrected chi connectivity index (χ3v) is 6.02. The fraction of sp³-hybridized carbons (Fsp3) is 0.500. The summed E-state index contributed by atoms with van der Waals surface area (Å²) in [5.41, 5.74) is 2.15. The summed E-state index contributed by atoms with van der Waals surface area (Å²) < 4.78 is 11.3. The third-order valence-electron chi connectivity index (χ3n) is 4.94. The Kier molecular flexibility index (Phi) is 5.20. The van der Waals surface area contributed by atoms with Gasteiger partial charge in [-0.2, -0.15) is 0 Å². The van der Waals surface area contributed by atoms with E-state index >= 15 is 0 Å². The molecule has 7 heteroatoms. The van der Waals surface area contributed by atoms with E-state index in [1.807, 2.05) is 18.2 Å². The van der Waals surface area contributed by atoms with Gasteiger partial charge in [0.25, 0.3) is 0 Å². The van der Waals surface area contributed by atoms with Gasteiger partial charge in [0.1, 0.15) is 13.2 Å². The molecule has 2 N–H and O–H groups in total. The van der Waals surface area contributed by atoms with Crippen LogP contribution in [0.15, 0.2) is 18.2 Å². The zero-order chi connectivity index (χ0) is 18.8. The Bertz CT molecular complexity index is 810. The van der Waals surface area contributed by atoms with Crippen molar-refractivity contribution in [2.75, 3.05) is 18.5 Å². The van der Waals surface area contributed by atoms with Crippen molar-refractivity contribution < 1.29 is 14.3 Å². The maximum atomic E-state index is 12.6. The van der Waals surface area contributed by atoms with Gasteiger partial charge in [-0.3, -0.25) is 5.32 Å². The van der Waals surface area contributed by atoms with Crippen LogP contribution in [0.2, 0.25) is 0 Å². The lowest BCUT2D eigenvalue weighted by Crippen LogP contribution is -2.35. The summed E-state index contributed by atoms with van der Waals surface area (Å²) in [5.74, 6) is 1.72. The molecule has 6 nitrogen and oxygen atoms in total. The first-order chi connectivity index (χ1) is 13.1. The van der Waals surface area contributed by atoms with E-state index in [-0.39, 0.29) is 18.0 Å². The van der Waals surface area contributed by atoms with Crippen molar-refractivity contribution >= 4 is 22.5 Å². The highest BCUT2D eigenvalue weighted by Gasteiger charge is 2.22. The summed E-state index contributed by atoms with van der Waals surface area (Å²) >= 11 is 1.59. The molecule has 1 atom stereocenters. The minimum absolute atomic E-state index is 0.129. The molecule has 0 radical (unpaired) electrons. The highest BCUT2D eigenvalue weighted by Crippen LogP contribution is 2.34. The smallest absolute Gasteiger partial charge is 0.321 e. The molecule has 4 rings (SSSR count). The maximum absolute atomic E-state index is 12.6. The van der Waals surface area contributed by atoms with Crippen molar-refractivity contribution in [3.05, 3.63) is 34.3 Å². The number of benzene rings is 1. The minimum Gasteiger partial charge on any atom is -0.486 e. The molecule has 144 valence electrons. The number of nitrogens with one attached hydrogen (secondary N) is 2. The molecule has 0 bridgehead atoms. The van der Waals surface area contributed by atoms with Gasteiger partial charge in [0.05, 0.1) is 11.7 Å². The zero-order valence-corrected chi connectivity index (χ0v) is 16.5. The van der Waals surface area contributed by atoms with E-state index < -0.39 is 0 Å². The van der Waals surface area contributed by atoms with E-state index in [4.69, 9.17) is 9.47 Å². The molecule has 2 amide bonds. The second-order valence-electron chi connectivity index (χ2n) is 7.32. The molecule has 1 unspecified atom stereocenters. The number of thiazole rings is 1. The Morgan fingerprint density at radius 2 is 1.93 bits per heavy atom. The molecule has 1 aliphatic carbocycles. The predicted octanol–water partition coefficient (Wildman–Crippen LogP) is 4.31. The minimum atomic E-state index is -0.227. The Morgan fingerprint density at radius 1 is 1.15 bits per heavy atom. The van der Waals surface area contributed by atoms with Crippen molar-refractivity contribution in [3.63, 3.8) is 0 Å². The van der Waals surface area contributed by atoms with Crippen LogP contribution < -0.4 is 20.1 Å². The number of hydrogen-bond acceptors (Lipinski definition) is 5. The molecule has 27 heavy (non-hydrogen) atoms. The van der Waals surface area contributed by atoms with Gasteiger partial charge in [0.15, 0.2) is 16.6 Å². The van der Waals surface area contributed by atoms with Crippen LogP contribution in [0.25, 0.3) is 0 Å². The number of amides is 2. The third kappa shape index (κ3) is 4.03. The number of ether oxygens (including phenoxy) is 2. The summed E-state index contributed by atoms with van der Waals surface area (Å²) in [7, 11) is 0. The number of anilines is 1. The van der Waals surface area contributed by atoms with E-state index in [9.17, 15) is 4.79 Å².